The van der Waals surface area contributed by atoms with Crippen LogP contribution >= 0.6 is 11.3 Å². The third kappa shape index (κ3) is 3.31. The van der Waals surface area contributed by atoms with Crippen LogP contribution in [0.4, 0.5) is 0 Å². The van der Waals surface area contributed by atoms with Crippen LogP contribution in [0.2, 0.25) is 0 Å². The largest absolute Gasteiger partial charge is 0.463 e. The molecule has 0 spiro atoms. The van der Waals surface area contributed by atoms with Gasteiger partial charge in [-0.05, 0) is 18.6 Å². The molecule has 6 nitrogen and oxygen atoms in total. The quantitative estimate of drug-likeness (QED) is 0.567. The van der Waals surface area contributed by atoms with Crippen molar-refractivity contribution in [2.24, 2.45) is 0 Å². The Bertz CT molecular complexity index is 1050. The number of furan rings is 1. The Morgan fingerprint density at radius 2 is 2.08 bits per heavy atom. The number of hydrogen-bond donors (Lipinski definition) is 1. The van der Waals surface area contributed by atoms with E-state index in [4.69, 9.17) is 4.42 Å². The summed E-state index contributed by atoms with van der Waals surface area (Å²) in [4.78, 5) is 17.6. The third-order valence-electron chi connectivity index (χ3n) is 4.21. The number of quaternary nitrogens is 1. The molecular weight excluding hydrogens is 348 g/mol. The van der Waals surface area contributed by atoms with Crippen molar-refractivity contribution in [1.29, 1.82) is 0 Å². The number of benzene rings is 1. The summed E-state index contributed by atoms with van der Waals surface area (Å²) in [5.41, 5.74) is 1.75. The third-order valence-corrected chi connectivity index (χ3v) is 5.27. The highest BCUT2D eigenvalue weighted by Crippen LogP contribution is 2.18. The van der Waals surface area contributed by atoms with Crippen LogP contribution in [0.25, 0.3) is 4.96 Å². The molecule has 3 heterocycles. The Kier molecular flexibility index (Phi) is 4.64. The van der Waals surface area contributed by atoms with Gasteiger partial charge in [0.15, 0.2) is 11.8 Å². The Hall–Kier alpha value is -2.77. The van der Waals surface area contributed by atoms with E-state index in [2.05, 4.69) is 27.5 Å². The maximum Gasteiger partial charge on any atom is 0.275 e. The summed E-state index contributed by atoms with van der Waals surface area (Å²) in [6.45, 7) is 2.59. The SMILES string of the molecule is CCc1nn2c(=O)cc(C[NH2+][C@H](c3ccccc3)c3ccco3)nc2s1. The molecule has 0 fully saturated rings. The minimum Gasteiger partial charge on any atom is -0.463 e. The highest BCUT2D eigenvalue weighted by molar-refractivity contribution is 7.16. The zero-order valence-corrected chi connectivity index (χ0v) is 15.1. The molecule has 2 N–H and O–H groups in total. The van der Waals surface area contributed by atoms with Crippen molar-refractivity contribution in [3.05, 3.63) is 87.2 Å². The monoisotopic (exact) mass is 367 g/mol. The Balaban J connectivity index is 1.62. The lowest BCUT2D eigenvalue weighted by molar-refractivity contribution is -0.704. The number of hydrogen-bond acceptors (Lipinski definition) is 5. The molecule has 0 aliphatic heterocycles. The molecule has 4 aromatic rings. The van der Waals surface area contributed by atoms with Crippen LogP contribution < -0.4 is 10.9 Å². The molecule has 7 heteroatoms. The van der Waals surface area contributed by atoms with Gasteiger partial charge in [-0.3, -0.25) is 4.79 Å². The molecule has 0 bridgehead atoms. The molecule has 0 amide bonds. The smallest absolute Gasteiger partial charge is 0.275 e. The Morgan fingerprint density at radius 1 is 1.23 bits per heavy atom. The first-order chi connectivity index (χ1) is 12.7. The summed E-state index contributed by atoms with van der Waals surface area (Å²) in [6.07, 6.45) is 2.48. The molecule has 0 radical (unpaired) electrons. The zero-order chi connectivity index (χ0) is 17.9. The normalized spacial score (nSPS) is 12.5. The van der Waals surface area contributed by atoms with Gasteiger partial charge in [0.05, 0.1) is 6.26 Å². The molecule has 132 valence electrons. The van der Waals surface area contributed by atoms with Crippen molar-refractivity contribution in [3.63, 3.8) is 0 Å². The van der Waals surface area contributed by atoms with Crippen molar-refractivity contribution in [2.75, 3.05) is 0 Å². The maximum absolute atomic E-state index is 12.3. The average molecular weight is 367 g/mol. The molecule has 0 saturated carbocycles. The van der Waals surface area contributed by atoms with Crippen LogP contribution in [-0.4, -0.2) is 14.6 Å². The van der Waals surface area contributed by atoms with Crippen LogP contribution in [0.3, 0.4) is 0 Å². The highest BCUT2D eigenvalue weighted by Gasteiger charge is 2.20. The lowest BCUT2D eigenvalue weighted by atomic mass is 10.0. The van der Waals surface area contributed by atoms with Crippen LogP contribution in [-0.2, 0) is 13.0 Å². The maximum atomic E-state index is 12.3. The summed E-state index contributed by atoms with van der Waals surface area (Å²) in [7, 11) is 0. The predicted octanol–water partition coefficient (Wildman–Crippen LogP) is 2.16. The van der Waals surface area contributed by atoms with Gasteiger partial charge >= 0.3 is 0 Å². The average Bonchev–Trinajstić information content (AvgIpc) is 3.33. The zero-order valence-electron chi connectivity index (χ0n) is 14.3. The minimum atomic E-state index is -0.136. The first kappa shape index (κ1) is 16.7. The van der Waals surface area contributed by atoms with E-state index in [-0.39, 0.29) is 11.6 Å². The first-order valence-electron chi connectivity index (χ1n) is 8.55. The highest BCUT2D eigenvalue weighted by atomic mass is 32.1. The minimum absolute atomic E-state index is 0.0131. The number of nitrogens with two attached hydrogens (primary N) is 1. The topological polar surface area (TPSA) is 77.0 Å². The second kappa shape index (κ2) is 7.23. The van der Waals surface area contributed by atoms with Crippen molar-refractivity contribution in [3.8, 4) is 0 Å². The molecule has 1 aromatic carbocycles. The fourth-order valence-corrected chi connectivity index (χ4v) is 3.78. The molecule has 4 rings (SSSR count). The Morgan fingerprint density at radius 3 is 2.81 bits per heavy atom. The fourth-order valence-electron chi connectivity index (χ4n) is 2.93. The molecular formula is C19H19N4O2S+. The number of aryl methyl sites for hydroxylation is 1. The number of nitrogens with zero attached hydrogens (tertiary/aromatic N) is 3. The van der Waals surface area contributed by atoms with Gasteiger partial charge in [-0.2, -0.15) is 9.61 Å². The van der Waals surface area contributed by atoms with Crippen LogP contribution in [0.15, 0.2) is 64.0 Å². The Labute approximate surface area is 154 Å². The fraction of sp³-hybridized carbons (Fsp3) is 0.211. The van der Waals surface area contributed by atoms with E-state index in [1.807, 2.05) is 37.3 Å². The van der Waals surface area contributed by atoms with E-state index < -0.39 is 0 Å². The van der Waals surface area contributed by atoms with Gasteiger partial charge in [-0.1, -0.05) is 48.6 Å². The molecule has 0 saturated heterocycles. The number of rotatable bonds is 6. The molecule has 0 aliphatic carbocycles. The van der Waals surface area contributed by atoms with Gasteiger partial charge in [0.2, 0.25) is 4.96 Å². The first-order valence-corrected chi connectivity index (χ1v) is 9.36. The van der Waals surface area contributed by atoms with E-state index in [9.17, 15) is 4.79 Å². The van der Waals surface area contributed by atoms with Gasteiger partial charge in [0.1, 0.15) is 17.2 Å². The van der Waals surface area contributed by atoms with Crippen molar-refractivity contribution >= 4 is 16.3 Å². The van der Waals surface area contributed by atoms with Crippen molar-refractivity contribution < 1.29 is 9.73 Å². The van der Waals surface area contributed by atoms with Gasteiger partial charge in [-0.15, -0.1) is 0 Å². The van der Waals surface area contributed by atoms with E-state index >= 15 is 0 Å². The molecule has 0 aliphatic rings. The summed E-state index contributed by atoms with van der Waals surface area (Å²) in [5, 5.41) is 7.33. The van der Waals surface area contributed by atoms with Crippen LogP contribution in [0.5, 0.6) is 0 Å². The summed E-state index contributed by atoms with van der Waals surface area (Å²) >= 11 is 1.46. The summed E-state index contributed by atoms with van der Waals surface area (Å²) < 4.78 is 7.01. The second-order valence-electron chi connectivity index (χ2n) is 5.97. The molecule has 26 heavy (non-hydrogen) atoms. The lowest BCUT2D eigenvalue weighted by Crippen LogP contribution is -2.84. The molecule has 0 unspecified atom stereocenters. The van der Waals surface area contributed by atoms with Gasteiger partial charge in [0.25, 0.3) is 5.56 Å². The van der Waals surface area contributed by atoms with Gasteiger partial charge in [-0.25, -0.2) is 4.98 Å². The number of aromatic nitrogens is 3. The van der Waals surface area contributed by atoms with Gasteiger partial charge in [0, 0.05) is 11.6 Å². The van der Waals surface area contributed by atoms with Crippen LogP contribution in [0.1, 0.15) is 35.0 Å². The van der Waals surface area contributed by atoms with Crippen LogP contribution in [0, 0.1) is 0 Å². The van der Waals surface area contributed by atoms with E-state index in [1.165, 1.54) is 15.9 Å². The molecule has 3 aromatic heterocycles. The molecule has 1 atom stereocenters. The van der Waals surface area contributed by atoms with E-state index in [1.54, 1.807) is 12.3 Å². The standard InChI is InChI=1S/C19H18N4O2S/c1-2-16-22-23-17(24)11-14(21-19(23)26-16)12-20-18(15-9-6-10-25-15)13-7-4-3-5-8-13/h3-11,18,20H,2,12H2,1H3/p+1/t18-/m1/s1. The summed E-state index contributed by atoms with van der Waals surface area (Å²) in [6, 6.07) is 15.6. The number of fused-ring (bicyclic) bond motifs is 1. The second-order valence-corrected chi connectivity index (χ2v) is 7.01. The van der Waals surface area contributed by atoms with Crippen molar-refractivity contribution in [1.82, 2.24) is 14.6 Å². The lowest BCUT2D eigenvalue weighted by Gasteiger charge is -2.13. The van der Waals surface area contributed by atoms with Crippen molar-refractivity contribution in [2.45, 2.75) is 25.9 Å². The van der Waals surface area contributed by atoms with E-state index in [0.29, 0.717) is 11.5 Å². The van der Waals surface area contributed by atoms with E-state index in [0.717, 1.165) is 28.4 Å². The predicted molar refractivity (Wildman–Crippen MR) is 99.1 cm³/mol. The van der Waals surface area contributed by atoms with Gasteiger partial charge < -0.3 is 9.73 Å². The summed E-state index contributed by atoms with van der Waals surface area (Å²) in [5.74, 6) is 0.875.